The second-order valence-corrected chi connectivity index (χ2v) is 6.51. The molecule has 100 valence electrons. The van der Waals surface area contributed by atoms with Gasteiger partial charge in [-0.3, -0.25) is 4.79 Å². The van der Waals surface area contributed by atoms with Crippen LogP contribution in [0.2, 0.25) is 0 Å². The van der Waals surface area contributed by atoms with E-state index in [0.29, 0.717) is 25.9 Å². The van der Waals surface area contributed by atoms with E-state index in [0.717, 1.165) is 0 Å². The Labute approximate surface area is 102 Å². The quantitative estimate of drug-likeness (QED) is 0.693. The number of amides is 1. The number of carbonyl (C=O) groups excluding carboxylic acids is 1. The average Bonchev–Trinajstić information content (AvgIpc) is 2.25. The largest absolute Gasteiger partial charge is 0.392 e. The summed E-state index contributed by atoms with van der Waals surface area (Å²) in [6, 6.07) is 0. The van der Waals surface area contributed by atoms with E-state index < -0.39 is 16.1 Å². The molecule has 17 heavy (non-hydrogen) atoms. The minimum absolute atomic E-state index is 0.0981. The lowest BCUT2D eigenvalue weighted by Crippen LogP contribution is -2.43. The Morgan fingerprint density at radius 3 is 2.41 bits per heavy atom. The fraction of sp³-hybridized carbons (Fsp3) is 0.900. The minimum Gasteiger partial charge on any atom is -0.392 e. The van der Waals surface area contributed by atoms with Gasteiger partial charge in [0.1, 0.15) is 0 Å². The van der Waals surface area contributed by atoms with E-state index in [4.69, 9.17) is 5.11 Å². The van der Waals surface area contributed by atoms with Crippen LogP contribution in [-0.4, -0.2) is 55.7 Å². The number of nitrogens with one attached hydrogen (secondary N) is 1. The number of aliphatic hydroxyl groups excluding tert-OH is 1. The molecular formula is C10H20N2O4S. The molecule has 2 N–H and O–H groups in total. The van der Waals surface area contributed by atoms with Crippen LogP contribution in [-0.2, 0) is 14.8 Å². The molecule has 1 aliphatic rings. The number of hydrogen-bond donors (Lipinski definition) is 2. The second-order valence-electron chi connectivity index (χ2n) is 4.53. The topological polar surface area (TPSA) is 86.7 Å². The Kier molecular flexibility index (Phi) is 4.91. The monoisotopic (exact) mass is 264 g/mol. The maximum Gasteiger partial charge on any atom is 0.223 e. The first kappa shape index (κ1) is 14.4. The van der Waals surface area contributed by atoms with Gasteiger partial charge in [-0.2, -0.15) is 0 Å². The number of rotatable bonds is 4. The molecule has 0 bridgehead atoms. The highest BCUT2D eigenvalue weighted by molar-refractivity contribution is 7.88. The van der Waals surface area contributed by atoms with Gasteiger partial charge in [0, 0.05) is 25.6 Å². The molecule has 1 heterocycles. The standard InChI is InChI=1S/C10H20N2O4S/c1-8(13)7-11-10(14)9-3-5-12(6-4-9)17(2,15)16/h8-9,13H,3-7H2,1-2H3,(H,11,14)/t8-/m0/s1. The van der Waals surface area contributed by atoms with Gasteiger partial charge in [-0.15, -0.1) is 0 Å². The van der Waals surface area contributed by atoms with Crippen LogP contribution in [0.5, 0.6) is 0 Å². The van der Waals surface area contributed by atoms with Gasteiger partial charge >= 0.3 is 0 Å². The summed E-state index contributed by atoms with van der Waals surface area (Å²) in [6.07, 6.45) is 1.70. The molecule has 1 atom stereocenters. The van der Waals surface area contributed by atoms with Crippen molar-refractivity contribution in [1.29, 1.82) is 0 Å². The summed E-state index contributed by atoms with van der Waals surface area (Å²) in [5.41, 5.74) is 0. The molecule has 1 aliphatic heterocycles. The third kappa shape index (κ3) is 4.61. The smallest absolute Gasteiger partial charge is 0.223 e. The van der Waals surface area contributed by atoms with E-state index in [1.165, 1.54) is 10.6 Å². The molecule has 1 fully saturated rings. The lowest BCUT2D eigenvalue weighted by atomic mass is 9.97. The van der Waals surface area contributed by atoms with Gasteiger partial charge in [0.2, 0.25) is 15.9 Å². The zero-order valence-electron chi connectivity index (χ0n) is 10.2. The lowest BCUT2D eigenvalue weighted by molar-refractivity contribution is -0.126. The van der Waals surface area contributed by atoms with Crippen LogP contribution in [0, 0.1) is 5.92 Å². The van der Waals surface area contributed by atoms with E-state index in [-0.39, 0.29) is 18.4 Å². The first-order chi connectivity index (χ1) is 7.80. The highest BCUT2D eigenvalue weighted by Gasteiger charge is 2.28. The molecule has 1 saturated heterocycles. The maximum absolute atomic E-state index is 11.7. The van der Waals surface area contributed by atoms with Crippen LogP contribution < -0.4 is 5.32 Å². The Morgan fingerprint density at radius 1 is 1.47 bits per heavy atom. The van der Waals surface area contributed by atoms with Gasteiger partial charge in [-0.25, -0.2) is 12.7 Å². The molecule has 0 aromatic rings. The number of sulfonamides is 1. The van der Waals surface area contributed by atoms with Crippen molar-refractivity contribution in [3.05, 3.63) is 0 Å². The summed E-state index contributed by atoms with van der Waals surface area (Å²) in [4.78, 5) is 11.7. The minimum atomic E-state index is -3.14. The van der Waals surface area contributed by atoms with Crippen molar-refractivity contribution in [2.45, 2.75) is 25.9 Å². The fourth-order valence-corrected chi connectivity index (χ4v) is 2.72. The summed E-state index contributed by atoms with van der Waals surface area (Å²) < 4.78 is 23.9. The van der Waals surface area contributed by atoms with Crippen LogP contribution in [0.3, 0.4) is 0 Å². The number of aliphatic hydroxyl groups is 1. The summed E-state index contributed by atoms with van der Waals surface area (Å²) in [5, 5.41) is 11.7. The van der Waals surface area contributed by atoms with E-state index in [1.807, 2.05) is 0 Å². The molecule has 0 spiro atoms. The number of carbonyl (C=O) groups is 1. The van der Waals surface area contributed by atoms with Crippen molar-refractivity contribution in [3.63, 3.8) is 0 Å². The van der Waals surface area contributed by atoms with Gasteiger partial charge in [0.15, 0.2) is 0 Å². The van der Waals surface area contributed by atoms with Crippen molar-refractivity contribution >= 4 is 15.9 Å². The average molecular weight is 264 g/mol. The lowest BCUT2D eigenvalue weighted by Gasteiger charge is -2.29. The molecule has 1 rings (SSSR count). The van der Waals surface area contributed by atoms with Gasteiger partial charge in [-0.05, 0) is 19.8 Å². The Balaban J connectivity index is 2.39. The first-order valence-electron chi connectivity index (χ1n) is 5.71. The molecule has 7 heteroatoms. The van der Waals surface area contributed by atoms with Crippen molar-refractivity contribution in [2.75, 3.05) is 25.9 Å². The second kappa shape index (κ2) is 5.79. The van der Waals surface area contributed by atoms with E-state index in [9.17, 15) is 13.2 Å². The van der Waals surface area contributed by atoms with E-state index >= 15 is 0 Å². The third-order valence-electron chi connectivity index (χ3n) is 2.87. The summed E-state index contributed by atoms with van der Waals surface area (Å²) in [6.45, 7) is 2.63. The number of nitrogens with zero attached hydrogens (tertiary/aromatic N) is 1. The molecule has 0 unspecified atom stereocenters. The molecule has 1 amide bonds. The SMILES string of the molecule is C[C@H](O)CNC(=O)C1CCN(S(C)(=O)=O)CC1. The number of hydrogen-bond acceptors (Lipinski definition) is 4. The number of piperidine rings is 1. The summed E-state index contributed by atoms with van der Waals surface area (Å²) >= 11 is 0. The highest BCUT2D eigenvalue weighted by Crippen LogP contribution is 2.19. The molecule has 0 radical (unpaired) electrons. The fourth-order valence-electron chi connectivity index (χ4n) is 1.84. The van der Waals surface area contributed by atoms with Crippen molar-refractivity contribution in [2.24, 2.45) is 5.92 Å². The molecule has 0 aromatic carbocycles. The van der Waals surface area contributed by atoms with E-state index in [2.05, 4.69) is 5.32 Å². The van der Waals surface area contributed by atoms with Crippen LogP contribution in [0.25, 0.3) is 0 Å². The van der Waals surface area contributed by atoms with Gasteiger partial charge in [0.25, 0.3) is 0 Å². The Hall–Kier alpha value is -0.660. The predicted octanol–water partition coefficient (Wildman–Crippen LogP) is -0.845. The Bertz CT molecular complexity index is 359. The van der Waals surface area contributed by atoms with Crippen molar-refractivity contribution < 1.29 is 18.3 Å². The molecular weight excluding hydrogens is 244 g/mol. The molecule has 0 saturated carbocycles. The first-order valence-corrected chi connectivity index (χ1v) is 7.56. The van der Waals surface area contributed by atoms with Crippen molar-refractivity contribution in [3.8, 4) is 0 Å². The van der Waals surface area contributed by atoms with Crippen LogP contribution in [0.1, 0.15) is 19.8 Å². The van der Waals surface area contributed by atoms with Crippen LogP contribution in [0.4, 0.5) is 0 Å². The van der Waals surface area contributed by atoms with E-state index in [1.54, 1.807) is 6.92 Å². The predicted molar refractivity (Wildman–Crippen MR) is 63.8 cm³/mol. The zero-order chi connectivity index (χ0) is 13.1. The van der Waals surface area contributed by atoms with Crippen LogP contribution in [0.15, 0.2) is 0 Å². The highest BCUT2D eigenvalue weighted by atomic mass is 32.2. The normalized spacial score (nSPS) is 21.1. The summed E-state index contributed by atoms with van der Waals surface area (Å²) in [7, 11) is -3.14. The maximum atomic E-state index is 11.7. The molecule has 0 aromatic heterocycles. The Morgan fingerprint density at radius 2 is 2.00 bits per heavy atom. The zero-order valence-corrected chi connectivity index (χ0v) is 11.0. The summed E-state index contributed by atoms with van der Waals surface area (Å²) in [5.74, 6) is -0.245. The van der Waals surface area contributed by atoms with Gasteiger partial charge in [-0.1, -0.05) is 0 Å². The third-order valence-corrected chi connectivity index (χ3v) is 4.17. The van der Waals surface area contributed by atoms with Crippen LogP contribution >= 0.6 is 0 Å². The van der Waals surface area contributed by atoms with Crippen molar-refractivity contribution in [1.82, 2.24) is 9.62 Å². The molecule has 0 aliphatic carbocycles. The molecule has 6 nitrogen and oxygen atoms in total. The van der Waals surface area contributed by atoms with Gasteiger partial charge in [0.05, 0.1) is 12.4 Å². The van der Waals surface area contributed by atoms with Gasteiger partial charge < -0.3 is 10.4 Å².